The summed E-state index contributed by atoms with van der Waals surface area (Å²) in [5.74, 6) is 0. The van der Waals surface area contributed by atoms with Crippen molar-refractivity contribution in [2.75, 3.05) is 4.90 Å². The van der Waals surface area contributed by atoms with Gasteiger partial charge >= 0.3 is 0 Å². The molecule has 0 aliphatic carbocycles. The summed E-state index contributed by atoms with van der Waals surface area (Å²) in [6, 6.07) is 73.9. The predicted octanol–water partition coefficient (Wildman–Crippen LogP) is 14.6. The lowest BCUT2D eigenvalue weighted by Crippen LogP contribution is -2.10. The topological polar surface area (TPSA) is 21.3 Å². The second-order valence-corrected chi connectivity index (χ2v) is 14.2. The molecule has 0 aliphatic rings. The highest BCUT2D eigenvalue weighted by atomic mass is 16.3. The van der Waals surface area contributed by atoms with Crippen LogP contribution in [-0.4, -0.2) is 4.57 Å². The van der Waals surface area contributed by atoms with Crippen molar-refractivity contribution in [2.45, 2.75) is 0 Å². The number of anilines is 3. The molecule has 9 aromatic carbocycles. The molecule has 3 heteroatoms. The normalized spacial score (nSPS) is 11.6. The van der Waals surface area contributed by atoms with Gasteiger partial charge in [0.1, 0.15) is 11.2 Å². The molecule has 0 radical (unpaired) electrons. The summed E-state index contributed by atoms with van der Waals surface area (Å²) in [5, 5.41) is 7.04. The van der Waals surface area contributed by atoms with E-state index in [2.05, 4.69) is 216 Å². The van der Waals surface area contributed by atoms with Crippen LogP contribution in [0, 0.1) is 0 Å². The maximum absolute atomic E-state index is 6.67. The fourth-order valence-electron chi connectivity index (χ4n) is 8.35. The van der Waals surface area contributed by atoms with Crippen LogP contribution in [0.25, 0.3) is 82.5 Å². The molecule has 55 heavy (non-hydrogen) atoms. The Bertz CT molecular complexity index is 3190. The lowest BCUT2D eigenvalue weighted by molar-refractivity contribution is 0.672. The largest absolute Gasteiger partial charge is 0.455 e. The Balaban J connectivity index is 1.04. The summed E-state index contributed by atoms with van der Waals surface area (Å²) < 4.78 is 9.03. The molecule has 0 N–H and O–H groups in total. The second kappa shape index (κ2) is 12.6. The third kappa shape index (κ3) is 5.20. The molecule has 11 aromatic rings. The van der Waals surface area contributed by atoms with Gasteiger partial charge in [0.05, 0.1) is 11.0 Å². The number of hydrogen-bond donors (Lipinski definition) is 0. The zero-order valence-corrected chi connectivity index (χ0v) is 29.9. The Hall–Kier alpha value is -7.36. The monoisotopic (exact) mass is 702 g/mol. The molecule has 0 saturated carbocycles. The molecule has 0 saturated heterocycles. The van der Waals surface area contributed by atoms with Crippen LogP contribution in [0.15, 0.2) is 211 Å². The first-order chi connectivity index (χ1) is 27.3. The van der Waals surface area contributed by atoms with Gasteiger partial charge in [-0.1, -0.05) is 127 Å². The molecule has 0 aliphatic heterocycles. The van der Waals surface area contributed by atoms with Crippen LogP contribution in [0.1, 0.15) is 0 Å². The van der Waals surface area contributed by atoms with Gasteiger partial charge in [-0.25, -0.2) is 0 Å². The van der Waals surface area contributed by atoms with Gasteiger partial charge in [0, 0.05) is 55.7 Å². The fraction of sp³-hybridized carbons (Fsp3) is 0. The lowest BCUT2D eigenvalue weighted by atomic mass is 10.0. The van der Waals surface area contributed by atoms with E-state index in [0.717, 1.165) is 50.1 Å². The molecule has 2 aromatic heterocycles. The number of nitrogens with zero attached hydrogens (tertiary/aromatic N) is 2. The summed E-state index contributed by atoms with van der Waals surface area (Å²) in [7, 11) is 0. The van der Waals surface area contributed by atoms with Crippen molar-refractivity contribution < 1.29 is 4.42 Å². The van der Waals surface area contributed by atoms with Gasteiger partial charge < -0.3 is 13.9 Å². The summed E-state index contributed by atoms with van der Waals surface area (Å²) in [5.41, 5.74) is 13.2. The minimum absolute atomic E-state index is 0.868. The quantitative estimate of drug-likeness (QED) is 0.172. The first-order valence-corrected chi connectivity index (χ1v) is 18.8. The minimum atomic E-state index is 0.868. The fourth-order valence-corrected chi connectivity index (χ4v) is 8.35. The Kier molecular flexibility index (Phi) is 7.17. The number of rotatable bonds is 6. The number of furan rings is 1. The van der Waals surface area contributed by atoms with E-state index in [1.807, 2.05) is 0 Å². The predicted molar refractivity (Wildman–Crippen MR) is 231 cm³/mol. The van der Waals surface area contributed by atoms with Gasteiger partial charge in [0.2, 0.25) is 0 Å². The average molecular weight is 703 g/mol. The standard InChI is InChI=1S/C52H34N2O/c1-3-12-35(13-4-1)38-15-11-18-42(32-38)53(43-28-30-46-47-29-24-37-14-7-8-19-44(37)52(47)55-51(46)34-43)41-26-22-36(23-27-41)39-25-31-50-48(33-39)45-20-9-10-21-49(45)54(50)40-16-5-2-6-17-40/h1-34H. The highest BCUT2D eigenvalue weighted by Crippen LogP contribution is 2.42. The molecular formula is C52H34N2O. The van der Waals surface area contributed by atoms with Gasteiger partial charge in [-0.2, -0.15) is 0 Å². The van der Waals surface area contributed by atoms with Crippen molar-refractivity contribution >= 4 is 71.6 Å². The van der Waals surface area contributed by atoms with Gasteiger partial charge in [0.15, 0.2) is 0 Å². The molecule has 11 rings (SSSR count). The van der Waals surface area contributed by atoms with E-state index in [9.17, 15) is 0 Å². The smallest absolute Gasteiger partial charge is 0.143 e. The van der Waals surface area contributed by atoms with Crippen molar-refractivity contribution in [3.63, 3.8) is 0 Å². The van der Waals surface area contributed by atoms with Crippen LogP contribution in [0.3, 0.4) is 0 Å². The molecule has 0 atom stereocenters. The zero-order valence-electron chi connectivity index (χ0n) is 29.9. The molecule has 0 amide bonds. The average Bonchev–Trinajstić information content (AvgIpc) is 3.80. The Morgan fingerprint density at radius 3 is 1.82 bits per heavy atom. The molecular weight excluding hydrogens is 669 g/mol. The number of fused-ring (bicyclic) bond motifs is 8. The first-order valence-electron chi connectivity index (χ1n) is 18.8. The van der Waals surface area contributed by atoms with E-state index >= 15 is 0 Å². The summed E-state index contributed by atoms with van der Waals surface area (Å²) in [4.78, 5) is 2.33. The Morgan fingerprint density at radius 2 is 0.964 bits per heavy atom. The first kappa shape index (κ1) is 31.2. The maximum atomic E-state index is 6.67. The number of benzene rings is 9. The molecule has 0 unspecified atom stereocenters. The van der Waals surface area contributed by atoms with Gasteiger partial charge in [0.25, 0.3) is 0 Å². The van der Waals surface area contributed by atoms with E-state index in [0.29, 0.717) is 0 Å². The zero-order chi connectivity index (χ0) is 36.3. The van der Waals surface area contributed by atoms with Crippen molar-refractivity contribution in [3.05, 3.63) is 206 Å². The van der Waals surface area contributed by atoms with Gasteiger partial charge in [-0.15, -0.1) is 0 Å². The lowest BCUT2D eigenvalue weighted by Gasteiger charge is -2.26. The van der Waals surface area contributed by atoms with Crippen LogP contribution in [0.5, 0.6) is 0 Å². The van der Waals surface area contributed by atoms with Crippen LogP contribution in [0.4, 0.5) is 17.1 Å². The Morgan fingerprint density at radius 1 is 0.345 bits per heavy atom. The van der Waals surface area contributed by atoms with Gasteiger partial charge in [-0.05, 0) is 100 Å². The number of para-hydroxylation sites is 2. The van der Waals surface area contributed by atoms with E-state index in [4.69, 9.17) is 4.42 Å². The van der Waals surface area contributed by atoms with E-state index in [1.54, 1.807) is 0 Å². The SMILES string of the molecule is c1ccc(-c2cccc(N(c3ccc(-c4ccc5c(c4)c4ccccc4n5-c4ccccc4)cc3)c3ccc4c(c3)oc3c5ccccc5ccc43)c2)cc1. The molecule has 0 fully saturated rings. The maximum Gasteiger partial charge on any atom is 0.143 e. The van der Waals surface area contributed by atoms with Crippen molar-refractivity contribution in [2.24, 2.45) is 0 Å². The highest BCUT2D eigenvalue weighted by Gasteiger charge is 2.18. The Labute approximate surface area is 318 Å². The van der Waals surface area contributed by atoms with Crippen LogP contribution in [0.2, 0.25) is 0 Å². The third-order valence-electron chi connectivity index (χ3n) is 11.0. The molecule has 0 bridgehead atoms. The van der Waals surface area contributed by atoms with Crippen LogP contribution < -0.4 is 4.90 Å². The summed E-state index contributed by atoms with van der Waals surface area (Å²) >= 11 is 0. The number of aromatic nitrogens is 1. The number of hydrogen-bond acceptors (Lipinski definition) is 2. The van der Waals surface area contributed by atoms with E-state index < -0.39 is 0 Å². The van der Waals surface area contributed by atoms with E-state index in [1.165, 1.54) is 49.4 Å². The van der Waals surface area contributed by atoms with Crippen LogP contribution in [-0.2, 0) is 0 Å². The molecule has 0 spiro atoms. The van der Waals surface area contributed by atoms with Crippen LogP contribution >= 0.6 is 0 Å². The van der Waals surface area contributed by atoms with Gasteiger partial charge in [-0.3, -0.25) is 0 Å². The minimum Gasteiger partial charge on any atom is -0.455 e. The van der Waals surface area contributed by atoms with E-state index in [-0.39, 0.29) is 0 Å². The second-order valence-electron chi connectivity index (χ2n) is 14.2. The summed E-state index contributed by atoms with van der Waals surface area (Å²) in [6.45, 7) is 0. The van der Waals surface area contributed by atoms with Crippen molar-refractivity contribution in [1.29, 1.82) is 0 Å². The highest BCUT2D eigenvalue weighted by molar-refractivity contribution is 6.15. The van der Waals surface area contributed by atoms with Crippen molar-refractivity contribution in [1.82, 2.24) is 4.57 Å². The third-order valence-corrected chi connectivity index (χ3v) is 11.0. The van der Waals surface area contributed by atoms with Crippen molar-refractivity contribution in [3.8, 4) is 27.9 Å². The molecule has 258 valence electrons. The molecule has 2 heterocycles. The summed E-state index contributed by atoms with van der Waals surface area (Å²) in [6.07, 6.45) is 0. The molecule has 3 nitrogen and oxygen atoms in total.